The second-order valence-electron chi connectivity index (χ2n) is 5.00. The Balaban J connectivity index is 2.02. The average Bonchev–Trinajstić information content (AvgIpc) is 2.53. The number of primary amides is 1. The van der Waals surface area contributed by atoms with E-state index in [1.165, 1.54) is 6.20 Å². The van der Waals surface area contributed by atoms with Gasteiger partial charge in [-0.05, 0) is 17.7 Å². The Morgan fingerprint density at radius 2 is 1.96 bits per heavy atom. The molecule has 0 aliphatic carbocycles. The molecule has 2 rings (SSSR count). The fourth-order valence-electron chi connectivity index (χ4n) is 2.06. The number of anilines is 1. The maximum Gasteiger partial charge on any atom is 0.244 e. The predicted octanol–water partition coefficient (Wildman–Crippen LogP) is 1.51. The summed E-state index contributed by atoms with van der Waals surface area (Å²) in [5.74, 6) is -0.353. The molecule has 0 radical (unpaired) electrons. The molecule has 0 aliphatic rings. The first-order valence-corrected chi connectivity index (χ1v) is 7.31. The number of hydrogen-bond donors (Lipinski definition) is 2. The van der Waals surface area contributed by atoms with Crippen molar-refractivity contribution in [2.75, 3.05) is 18.5 Å². The second-order valence-corrected chi connectivity index (χ2v) is 5.44. The third kappa shape index (κ3) is 4.69. The first-order valence-electron chi connectivity index (χ1n) is 6.93. The minimum absolute atomic E-state index is 0.0330. The standard InChI is InChI=1S/C16H17ClN4O2/c1-21(13-8-7-12(17)9-19-13)10-14(22)20-15(16(18)23)11-5-3-2-4-6-11/h2-9,15H,10H2,1H3,(H2,18,23)(H,20,22)/t15-/m1/s1. The molecule has 120 valence electrons. The van der Waals surface area contributed by atoms with Crippen molar-refractivity contribution in [1.82, 2.24) is 10.3 Å². The van der Waals surface area contributed by atoms with Crippen LogP contribution in [0.5, 0.6) is 0 Å². The van der Waals surface area contributed by atoms with Gasteiger partial charge in [-0.3, -0.25) is 9.59 Å². The molecule has 1 heterocycles. The van der Waals surface area contributed by atoms with Crippen LogP contribution in [0.3, 0.4) is 0 Å². The Morgan fingerprint density at radius 3 is 2.52 bits per heavy atom. The zero-order chi connectivity index (χ0) is 16.8. The van der Waals surface area contributed by atoms with E-state index in [0.717, 1.165) is 0 Å². The number of nitrogens with zero attached hydrogens (tertiary/aromatic N) is 2. The van der Waals surface area contributed by atoms with E-state index in [1.54, 1.807) is 48.3 Å². The molecule has 0 spiro atoms. The molecule has 0 aliphatic heterocycles. The number of aromatic nitrogens is 1. The summed E-state index contributed by atoms with van der Waals surface area (Å²) in [6.45, 7) is 0.0330. The quantitative estimate of drug-likeness (QED) is 0.839. The third-order valence-electron chi connectivity index (χ3n) is 3.21. The van der Waals surface area contributed by atoms with Gasteiger partial charge < -0.3 is 16.0 Å². The van der Waals surface area contributed by atoms with Crippen molar-refractivity contribution < 1.29 is 9.59 Å². The van der Waals surface area contributed by atoms with Crippen LogP contribution < -0.4 is 16.0 Å². The van der Waals surface area contributed by atoms with Crippen molar-refractivity contribution in [2.45, 2.75) is 6.04 Å². The highest BCUT2D eigenvalue weighted by atomic mass is 35.5. The van der Waals surface area contributed by atoms with Crippen LogP contribution in [0.1, 0.15) is 11.6 Å². The molecule has 7 heteroatoms. The van der Waals surface area contributed by atoms with Gasteiger partial charge in [0.2, 0.25) is 11.8 Å². The van der Waals surface area contributed by atoms with Crippen LogP contribution in [0, 0.1) is 0 Å². The number of pyridine rings is 1. The number of likely N-dealkylation sites (N-methyl/N-ethyl adjacent to an activating group) is 1. The summed E-state index contributed by atoms with van der Waals surface area (Å²) in [5.41, 5.74) is 6.02. The number of nitrogens with two attached hydrogens (primary N) is 1. The molecule has 1 atom stereocenters. The Bertz CT molecular complexity index is 676. The van der Waals surface area contributed by atoms with Gasteiger partial charge >= 0.3 is 0 Å². The van der Waals surface area contributed by atoms with Gasteiger partial charge in [0.15, 0.2) is 0 Å². The summed E-state index contributed by atoms with van der Waals surface area (Å²) in [5, 5.41) is 3.15. The highest BCUT2D eigenvalue weighted by Gasteiger charge is 2.20. The van der Waals surface area contributed by atoms with Gasteiger partial charge in [0, 0.05) is 13.2 Å². The molecule has 0 unspecified atom stereocenters. The van der Waals surface area contributed by atoms with Crippen molar-refractivity contribution in [3.05, 3.63) is 59.2 Å². The van der Waals surface area contributed by atoms with E-state index in [4.69, 9.17) is 17.3 Å². The monoisotopic (exact) mass is 332 g/mol. The fraction of sp³-hybridized carbons (Fsp3) is 0.188. The van der Waals surface area contributed by atoms with Crippen molar-refractivity contribution in [3.8, 4) is 0 Å². The van der Waals surface area contributed by atoms with E-state index in [1.807, 2.05) is 6.07 Å². The highest BCUT2D eigenvalue weighted by molar-refractivity contribution is 6.30. The van der Waals surface area contributed by atoms with Crippen LogP contribution in [0.25, 0.3) is 0 Å². The number of halogens is 1. The lowest BCUT2D eigenvalue weighted by Crippen LogP contribution is -2.42. The van der Waals surface area contributed by atoms with Gasteiger partial charge in [0.05, 0.1) is 11.6 Å². The van der Waals surface area contributed by atoms with E-state index >= 15 is 0 Å². The number of hydrogen-bond acceptors (Lipinski definition) is 4. The van der Waals surface area contributed by atoms with Gasteiger partial charge in [-0.1, -0.05) is 41.9 Å². The summed E-state index contributed by atoms with van der Waals surface area (Å²) in [7, 11) is 1.72. The van der Waals surface area contributed by atoms with E-state index in [-0.39, 0.29) is 12.5 Å². The fourth-order valence-corrected chi connectivity index (χ4v) is 2.17. The second kappa shape index (κ2) is 7.60. The van der Waals surface area contributed by atoms with Crippen LogP contribution in [0.15, 0.2) is 48.7 Å². The normalized spacial score (nSPS) is 11.6. The van der Waals surface area contributed by atoms with Gasteiger partial charge in [-0.15, -0.1) is 0 Å². The molecule has 1 aromatic heterocycles. The Hall–Kier alpha value is -2.60. The van der Waals surface area contributed by atoms with E-state index in [0.29, 0.717) is 16.4 Å². The number of benzene rings is 1. The number of rotatable bonds is 6. The first-order chi connectivity index (χ1) is 11.0. The molecule has 0 bridgehead atoms. The van der Waals surface area contributed by atoms with Gasteiger partial charge in [-0.25, -0.2) is 4.98 Å². The van der Waals surface area contributed by atoms with Gasteiger partial charge in [0.1, 0.15) is 11.9 Å². The molecular formula is C16H17ClN4O2. The lowest BCUT2D eigenvalue weighted by atomic mass is 10.1. The maximum atomic E-state index is 12.2. The summed E-state index contributed by atoms with van der Waals surface area (Å²) < 4.78 is 0. The van der Waals surface area contributed by atoms with Crippen molar-refractivity contribution in [1.29, 1.82) is 0 Å². The molecule has 1 aromatic carbocycles. The molecule has 23 heavy (non-hydrogen) atoms. The van der Waals surface area contributed by atoms with E-state index < -0.39 is 11.9 Å². The first kappa shape index (κ1) is 16.8. The average molecular weight is 333 g/mol. The van der Waals surface area contributed by atoms with Crippen LogP contribution >= 0.6 is 11.6 Å². The van der Waals surface area contributed by atoms with Crippen molar-refractivity contribution in [3.63, 3.8) is 0 Å². The lowest BCUT2D eigenvalue weighted by Gasteiger charge is -2.20. The molecule has 6 nitrogen and oxygen atoms in total. The zero-order valence-electron chi connectivity index (χ0n) is 12.6. The smallest absolute Gasteiger partial charge is 0.244 e. The maximum absolute atomic E-state index is 12.2. The Morgan fingerprint density at radius 1 is 1.26 bits per heavy atom. The molecule has 0 fully saturated rings. The largest absolute Gasteiger partial charge is 0.368 e. The Labute approximate surface area is 139 Å². The Kier molecular flexibility index (Phi) is 5.54. The zero-order valence-corrected chi connectivity index (χ0v) is 13.3. The van der Waals surface area contributed by atoms with Crippen molar-refractivity contribution in [2.24, 2.45) is 5.73 Å². The van der Waals surface area contributed by atoms with Crippen LogP contribution in [-0.4, -0.2) is 30.4 Å². The molecular weight excluding hydrogens is 316 g/mol. The number of carbonyl (C=O) groups is 2. The molecule has 2 amide bonds. The van der Waals surface area contributed by atoms with Crippen LogP contribution in [0.2, 0.25) is 5.02 Å². The van der Waals surface area contributed by atoms with Crippen LogP contribution in [0.4, 0.5) is 5.82 Å². The number of amides is 2. The predicted molar refractivity (Wildman–Crippen MR) is 89.0 cm³/mol. The van der Waals surface area contributed by atoms with E-state index in [9.17, 15) is 9.59 Å². The highest BCUT2D eigenvalue weighted by Crippen LogP contribution is 2.14. The summed E-state index contributed by atoms with van der Waals surface area (Å²) in [6, 6.07) is 11.4. The molecule has 0 saturated heterocycles. The molecule has 2 aromatic rings. The summed E-state index contributed by atoms with van der Waals surface area (Å²) >= 11 is 5.78. The molecule has 3 N–H and O–H groups in total. The number of nitrogens with one attached hydrogen (secondary N) is 1. The van der Waals surface area contributed by atoms with Crippen LogP contribution in [-0.2, 0) is 9.59 Å². The number of carbonyl (C=O) groups excluding carboxylic acids is 2. The molecule has 0 saturated carbocycles. The van der Waals surface area contributed by atoms with Gasteiger partial charge in [0.25, 0.3) is 0 Å². The van der Waals surface area contributed by atoms with E-state index in [2.05, 4.69) is 10.3 Å². The SMILES string of the molecule is CN(CC(=O)N[C@@H](C(N)=O)c1ccccc1)c1ccc(Cl)cn1. The topological polar surface area (TPSA) is 88.3 Å². The lowest BCUT2D eigenvalue weighted by molar-refractivity contribution is -0.126. The summed E-state index contributed by atoms with van der Waals surface area (Å²) in [4.78, 5) is 29.5. The van der Waals surface area contributed by atoms with Gasteiger partial charge in [-0.2, -0.15) is 0 Å². The summed E-state index contributed by atoms with van der Waals surface area (Å²) in [6.07, 6.45) is 1.50. The minimum Gasteiger partial charge on any atom is -0.368 e. The third-order valence-corrected chi connectivity index (χ3v) is 3.43. The van der Waals surface area contributed by atoms with Crippen molar-refractivity contribution >= 4 is 29.2 Å². The minimum atomic E-state index is -0.865.